The molecular weight excluding hydrogens is 342 g/mol. The number of amides is 1. The number of benzene rings is 2. The monoisotopic (exact) mass is 363 g/mol. The maximum atomic E-state index is 12.5. The van der Waals surface area contributed by atoms with E-state index in [2.05, 4.69) is 16.0 Å². The molecule has 0 unspecified atom stereocenters. The van der Waals surface area contributed by atoms with Gasteiger partial charge in [-0.05, 0) is 24.3 Å². The summed E-state index contributed by atoms with van der Waals surface area (Å²) in [5.41, 5.74) is 2.62. The Kier molecular flexibility index (Phi) is 4.78. The summed E-state index contributed by atoms with van der Waals surface area (Å²) in [5, 5.41) is 0. The molecule has 0 radical (unpaired) electrons. The van der Waals surface area contributed by atoms with Gasteiger partial charge in [0.15, 0.2) is 5.58 Å². The van der Waals surface area contributed by atoms with Crippen molar-refractivity contribution >= 4 is 28.8 Å². The molecule has 2 heterocycles. The second-order valence-corrected chi connectivity index (χ2v) is 6.37. The van der Waals surface area contributed by atoms with Gasteiger partial charge >= 0.3 is 0 Å². The van der Waals surface area contributed by atoms with Crippen molar-refractivity contribution in [1.29, 1.82) is 0 Å². The number of carbonyl (C=O) groups excluding carboxylic acids is 1. The molecule has 0 aliphatic carbocycles. The van der Waals surface area contributed by atoms with Gasteiger partial charge in [0.25, 0.3) is 0 Å². The van der Waals surface area contributed by atoms with E-state index < -0.39 is 0 Å². The number of nitrogens with zero attached hydrogens (tertiary/aromatic N) is 3. The number of carbonyl (C=O) groups is 1. The summed E-state index contributed by atoms with van der Waals surface area (Å²) in [7, 11) is 1.67. The summed E-state index contributed by atoms with van der Waals surface area (Å²) >= 11 is 0. The third kappa shape index (κ3) is 3.79. The van der Waals surface area contributed by atoms with Crippen molar-refractivity contribution in [3.8, 4) is 5.75 Å². The second kappa shape index (κ2) is 7.53. The number of anilines is 1. The maximum absolute atomic E-state index is 12.5. The van der Waals surface area contributed by atoms with Crippen LogP contribution < -0.4 is 9.64 Å². The highest BCUT2D eigenvalue weighted by molar-refractivity contribution is 5.91. The molecule has 0 atom stereocenters. The van der Waals surface area contributed by atoms with Crippen LogP contribution >= 0.6 is 0 Å². The molecule has 3 aromatic rings. The first-order valence-electron chi connectivity index (χ1n) is 8.94. The predicted octanol–water partition coefficient (Wildman–Crippen LogP) is 3.20. The largest absolute Gasteiger partial charge is 0.497 e. The van der Waals surface area contributed by atoms with Crippen molar-refractivity contribution < 1.29 is 13.9 Å². The van der Waals surface area contributed by atoms with Gasteiger partial charge in [0, 0.05) is 50.1 Å². The highest BCUT2D eigenvalue weighted by Crippen LogP contribution is 2.22. The molecule has 138 valence electrons. The number of fused-ring (bicyclic) bond motifs is 1. The van der Waals surface area contributed by atoms with Crippen LogP contribution in [-0.2, 0) is 4.79 Å². The second-order valence-electron chi connectivity index (χ2n) is 6.37. The van der Waals surface area contributed by atoms with Gasteiger partial charge in [-0.15, -0.1) is 0 Å². The van der Waals surface area contributed by atoms with Crippen molar-refractivity contribution in [3.63, 3.8) is 0 Å². The molecule has 1 aromatic heterocycles. The van der Waals surface area contributed by atoms with Gasteiger partial charge in [-0.1, -0.05) is 18.2 Å². The Labute approximate surface area is 157 Å². The Morgan fingerprint density at radius 2 is 1.93 bits per heavy atom. The molecule has 1 aliphatic heterocycles. The normalized spacial score (nSPS) is 14.9. The van der Waals surface area contributed by atoms with Gasteiger partial charge in [0.2, 0.25) is 11.8 Å². The average molecular weight is 363 g/mol. The van der Waals surface area contributed by atoms with Gasteiger partial charge in [-0.2, -0.15) is 0 Å². The van der Waals surface area contributed by atoms with Crippen molar-refractivity contribution in [2.24, 2.45) is 0 Å². The number of hydrogen-bond acceptors (Lipinski definition) is 5. The summed E-state index contributed by atoms with van der Waals surface area (Å²) in [6, 6.07) is 15.5. The number of rotatable bonds is 4. The summed E-state index contributed by atoms with van der Waals surface area (Å²) in [5.74, 6) is 1.26. The molecule has 1 amide bonds. The van der Waals surface area contributed by atoms with Crippen molar-refractivity contribution in [2.75, 3.05) is 38.2 Å². The minimum Gasteiger partial charge on any atom is -0.497 e. The molecule has 0 spiro atoms. The Morgan fingerprint density at radius 1 is 1.11 bits per heavy atom. The van der Waals surface area contributed by atoms with Crippen LogP contribution in [0, 0.1) is 0 Å². The standard InChI is InChI=1S/C21H21N3O3/c1-26-17-6-4-5-16(15-17)23-11-13-24(14-12-23)21(25)10-9-20-22-18-7-2-3-8-19(18)27-20/h2-10,15H,11-14H2,1H3. The Hall–Kier alpha value is -3.28. The smallest absolute Gasteiger partial charge is 0.246 e. The summed E-state index contributed by atoms with van der Waals surface area (Å²) in [4.78, 5) is 20.9. The zero-order valence-corrected chi connectivity index (χ0v) is 15.2. The van der Waals surface area contributed by atoms with Crippen molar-refractivity contribution in [2.45, 2.75) is 0 Å². The first-order valence-corrected chi connectivity index (χ1v) is 8.94. The van der Waals surface area contributed by atoms with E-state index in [1.807, 2.05) is 47.4 Å². The van der Waals surface area contributed by atoms with Crippen LogP contribution in [0.25, 0.3) is 17.2 Å². The average Bonchev–Trinajstić information content (AvgIpc) is 3.15. The minimum absolute atomic E-state index is 0.0254. The molecule has 6 nitrogen and oxygen atoms in total. The number of ether oxygens (including phenoxy) is 1. The first kappa shape index (κ1) is 17.1. The first-order chi connectivity index (χ1) is 13.2. The third-order valence-electron chi connectivity index (χ3n) is 4.69. The number of oxazole rings is 1. The van der Waals surface area contributed by atoms with Crippen LogP contribution in [-0.4, -0.2) is 49.1 Å². The molecule has 1 saturated heterocycles. The van der Waals surface area contributed by atoms with E-state index in [4.69, 9.17) is 9.15 Å². The van der Waals surface area contributed by atoms with E-state index in [0.29, 0.717) is 19.0 Å². The van der Waals surface area contributed by atoms with E-state index in [-0.39, 0.29) is 5.91 Å². The fourth-order valence-electron chi connectivity index (χ4n) is 3.20. The minimum atomic E-state index is -0.0254. The van der Waals surface area contributed by atoms with E-state index >= 15 is 0 Å². The molecule has 0 N–H and O–H groups in total. The molecule has 1 fully saturated rings. The van der Waals surface area contributed by atoms with E-state index in [0.717, 1.165) is 35.6 Å². The molecule has 2 aromatic carbocycles. The van der Waals surface area contributed by atoms with Gasteiger partial charge in [0.1, 0.15) is 11.3 Å². The Balaban J connectivity index is 1.36. The Morgan fingerprint density at radius 3 is 2.70 bits per heavy atom. The van der Waals surface area contributed by atoms with Crippen LogP contribution in [0.15, 0.2) is 59.0 Å². The van der Waals surface area contributed by atoms with Crippen LogP contribution in [0.4, 0.5) is 5.69 Å². The van der Waals surface area contributed by atoms with Gasteiger partial charge < -0.3 is 19.0 Å². The van der Waals surface area contributed by atoms with E-state index in [1.165, 1.54) is 6.08 Å². The molecular formula is C21H21N3O3. The number of methoxy groups -OCH3 is 1. The predicted molar refractivity (Wildman–Crippen MR) is 105 cm³/mol. The number of para-hydroxylation sites is 2. The SMILES string of the molecule is COc1cccc(N2CCN(C(=O)C=Cc3nc4ccccc4o3)CC2)c1. The highest BCUT2D eigenvalue weighted by Gasteiger charge is 2.20. The highest BCUT2D eigenvalue weighted by atomic mass is 16.5. The van der Waals surface area contributed by atoms with Crippen LogP contribution in [0.1, 0.15) is 5.89 Å². The zero-order valence-electron chi connectivity index (χ0n) is 15.2. The third-order valence-corrected chi connectivity index (χ3v) is 4.69. The summed E-state index contributed by atoms with van der Waals surface area (Å²) in [6.07, 6.45) is 3.17. The van der Waals surface area contributed by atoms with E-state index in [1.54, 1.807) is 13.2 Å². The molecule has 0 bridgehead atoms. The van der Waals surface area contributed by atoms with Crippen molar-refractivity contribution in [3.05, 3.63) is 60.5 Å². The Bertz CT molecular complexity index is 938. The van der Waals surface area contributed by atoms with Crippen LogP contribution in [0.2, 0.25) is 0 Å². The zero-order chi connectivity index (χ0) is 18.6. The maximum Gasteiger partial charge on any atom is 0.246 e. The fraction of sp³-hybridized carbons (Fsp3) is 0.238. The number of aromatic nitrogens is 1. The topological polar surface area (TPSA) is 58.8 Å². The number of hydrogen-bond donors (Lipinski definition) is 0. The van der Waals surface area contributed by atoms with E-state index in [9.17, 15) is 4.79 Å². The van der Waals surface area contributed by atoms with Gasteiger partial charge in [-0.25, -0.2) is 4.98 Å². The molecule has 0 saturated carbocycles. The summed E-state index contributed by atoms with van der Waals surface area (Å²) in [6.45, 7) is 2.92. The lowest BCUT2D eigenvalue weighted by Crippen LogP contribution is -2.48. The fourth-order valence-corrected chi connectivity index (χ4v) is 3.20. The van der Waals surface area contributed by atoms with Gasteiger partial charge in [-0.3, -0.25) is 4.79 Å². The van der Waals surface area contributed by atoms with Gasteiger partial charge in [0.05, 0.1) is 7.11 Å². The molecule has 1 aliphatic rings. The molecule has 6 heteroatoms. The molecule has 4 rings (SSSR count). The van der Waals surface area contributed by atoms with Crippen molar-refractivity contribution in [1.82, 2.24) is 9.88 Å². The quantitative estimate of drug-likeness (QED) is 0.666. The lowest BCUT2D eigenvalue weighted by atomic mass is 10.2. The molecule has 27 heavy (non-hydrogen) atoms. The summed E-state index contributed by atoms with van der Waals surface area (Å²) < 4.78 is 10.9. The lowest BCUT2D eigenvalue weighted by Gasteiger charge is -2.35. The number of piperazine rings is 1. The van der Waals surface area contributed by atoms with Crippen LogP contribution in [0.3, 0.4) is 0 Å². The lowest BCUT2D eigenvalue weighted by molar-refractivity contribution is -0.126. The van der Waals surface area contributed by atoms with Crippen LogP contribution in [0.5, 0.6) is 5.75 Å².